The van der Waals surface area contributed by atoms with Gasteiger partial charge in [-0.3, -0.25) is 4.72 Å². The summed E-state index contributed by atoms with van der Waals surface area (Å²) in [4.78, 5) is 13.3. The predicted octanol–water partition coefficient (Wildman–Crippen LogP) is 3.13. The van der Waals surface area contributed by atoms with Crippen LogP contribution in [-0.4, -0.2) is 33.6 Å². The Labute approximate surface area is 153 Å². The Hall–Kier alpha value is -2.54. The Balaban J connectivity index is 1.92. The van der Waals surface area contributed by atoms with Crippen LogP contribution >= 0.6 is 0 Å². The lowest BCUT2D eigenvalue weighted by Crippen LogP contribution is -2.17. The van der Waals surface area contributed by atoms with Crippen LogP contribution in [0.3, 0.4) is 0 Å². The molecule has 3 rings (SSSR count). The normalized spacial score (nSPS) is 13.8. The van der Waals surface area contributed by atoms with E-state index >= 15 is 0 Å². The molecule has 1 aliphatic carbocycles. The standard InChI is InChI=1S/C19H22N2O4S/c1-21(2)18-10-8-15(12-17(18)19(22)23)20-26(24,25)16-9-7-13-5-3-4-6-14(13)11-16/h7-12,20H,3-6H2,1-2H3,(H,22,23). The largest absolute Gasteiger partial charge is 0.478 e. The zero-order chi connectivity index (χ0) is 18.9. The minimum Gasteiger partial charge on any atom is -0.478 e. The zero-order valence-corrected chi connectivity index (χ0v) is 15.6. The number of anilines is 2. The van der Waals surface area contributed by atoms with Crippen molar-refractivity contribution in [3.05, 3.63) is 53.1 Å². The van der Waals surface area contributed by atoms with E-state index in [0.29, 0.717) is 5.69 Å². The van der Waals surface area contributed by atoms with Gasteiger partial charge in [-0.25, -0.2) is 13.2 Å². The molecule has 0 radical (unpaired) electrons. The first kappa shape index (κ1) is 18.3. The highest BCUT2D eigenvalue weighted by atomic mass is 32.2. The van der Waals surface area contributed by atoms with Crippen LogP contribution in [0.15, 0.2) is 41.3 Å². The topological polar surface area (TPSA) is 86.7 Å². The van der Waals surface area contributed by atoms with Crippen LogP contribution in [0.1, 0.15) is 34.3 Å². The molecular formula is C19H22N2O4S. The van der Waals surface area contributed by atoms with Crippen molar-refractivity contribution in [3.63, 3.8) is 0 Å². The lowest BCUT2D eigenvalue weighted by atomic mass is 9.92. The average molecular weight is 374 g/mol. The van der Waals surface area contributed by atoms with Crippen LogP contribution in [0.5, 0.6) is 0 Å². The summed E-state index contributed by atoms with van der Waals surface area (Å²) in [5.74, 6) is -1.11. The Morgan fingerprint density at radius 3 is 2.38 bits per heavy atom. The number of aromatic carboxylic acids is 1. The summed E-state index contributed by atoms with van der Waals surface area (Å²) in [7, 11) is -0.309. The number of carboxylic acid groups (broad SMARTS) is 1. The molecule has 0 aromatic heterocycles. The van der Waals surface area contributed by atoms with Gasteiger partial charge in [-0.15, -0.1) is 0 Å². The second kappa shape index (κ2) is 6.99. The fraction of sp³-hybridized carbons (Fsp3) is 0.316. The summed E-state index contributed by atoms with van der Waals surface area (Å²) in [5, 5.41) is 9.38. The molecule has 0 amide bonds. The Morgan fingerprint density at radius 1 is 1.04 bits per heavy atom. The number of rotatable bonds is 5. The summed E-state index contributed by atoms with van der Waals surface area (Å²) in [5.41, 5.74) is 3.06. The van der Waals surface area contributed by atoms with Crippen LogP contribution in [0.2, 0.25) is 0 Å². The number of hydrogen-bond donors (Lipinski definition) is 2. The van der Waals surface area contributed by atoms with Crippen LogP contribution in [0, 0.1) is 0 Å². The maximum absolute atomic E-state index is 12.7. The van der Waals surface area contributed by atoms with E-state index in [2.05, 4.69) is 4.72 Å². The molecule has 6 nitrogen and oxygen atoms in total. The molecular weight excluding hydrogens is 352 g/mol. The highest BCUT2D eigenvalue weighted by molar-refractivity contribution is 7.92. The number of hydrogen-bond acceptors (Lipinski definition) is 4. The van der Waals surface area contributed by atoms with E-state index in [1.807, 2.05) is 6.07 Å². The molecule has 0 spiro atoms. The third-order valence-electron chi connectivity index (χ3n) is 4.59. The van der Waals surface area contributed by atoms with E-state index in [4.69, 9.17) is 0 Å². The van der Waals surface area contributed by atoms with E-state index in [1.54, 1.807) is 43.3 Å². The molecule has 138 valence electrons. The van der Waals surface area contributed by atoms with Crippen molar-refractivity contribution >= 4 is 27.4 Å². The van der Waals surface area contributed by atoms with E-state index < -0.39 is 16.0 Å². The fourth-order valence-electron chi connectivity index (χ4n) is 3.25. The van der Waals surface area contributed by atoms with Crippen molar-refractivity contribution in [1.82, 2.24) is 0 Å². The second-order valence-corrected chi connectivity index (χ2v) is 8.36. The maximum atomic E-state index is 12.7. The molecule has 1 aliphatic rings. The van der Waals surface area contributed by atoms with E-state index in [9.17, 15) is 18.3 Å². The van der Waals surface area contributed by atoms with Gasteiger partial charge in [-0.1, -0.05) is 6.07 Å². The van der Waals surface area contributed by atoms with Crippen molar-refractivity contribution in [2.24, 2.45) is 0 Å². The molecule has 0 saturated heterocycles. The van der Waals surface area contributed by atoms with Crippen LogP contribution in [-0.2, 0) is 22.9 Å². The van der Waals surface area contributed by atoms with Gasteiger partial charge in [-0.2, -0.15) is 0 Å². The Morgan fingerprint density at radius 2 is 1.73 bits per heavy atom. The first-order chi connectivity index (χ1) is 12.3. The summed E-state index contributed by atoms with van der Waals surface area (Å²) in [6.45, 7) is 0. The summed E-state index contributed by atoms with van der Waals surface area (Å²) in [6, 6.07) is 9.71. The monoisotopic (exact) mass is 374 g/mol. The van der Waals surface area contributed by atoms with Gasteiger partial charge in [0.1, 0.15) is 0 Å². The second-order valence-electron chi connectivity index (χ2n) is 6.67. The molecule has 0 bridgehead atoms. The van der Waals surface area contributed by atoms with Gasteiger partial charge in [0.25, 0.3) is 10.0 Å². The van der Waals surface area contributed by atoms with Crippen LogP contribution in [0.4, 0.5) is 11.4 Å². The average Bonchev–Trinajstić information content (AvgIpc) is 2.60. The van der Waals surface area contributed by atoms with Gasteiger partial charge in [0.15, 0.2) is 0 Å². The molecule has 0 aliphatic heterocycles. The summed E-state index contributed by atoms with van der Waals surface area (Å²) < 4.78 is 27.9. The molecule has 0 atom stereocenters. The lowest BCUT2D eigenvalue weighted by Gasteiger charge is -2.18. The van der Waals surface area contributed by atoms with Gasteiger partial charge < -0.3 is 10.0 Å². The van der Waals surface area contributed by atoms with Crippen LogP contribution < -0.4 is 9.62 Å². The number of fused-ring (bicyclic) bond motifs is 1. The molecule has 2 aromatic rings. The Kier molecular flexibility index (Phi) is 4.91. The van der Waals surface area contributed by atoms with Gasteiger partial charge in [0.05, 0.1) is 16.1 Å². The fourth-order valence-corrected chi connectivity index (χ4v) is 4.35. The molecule has 26 heavy (non-hydrogen) atoms. The highest BCUT2D eigenvalue weighted by Gasteiger charge is 2.19. The zero-order valence-electron chi connectivity index (χ0n) is 14.8. The highest BCUT2D eigenvalue weighted by Crippen LogP contribution is 2.27. The Bertz CT molecular complexity index is 952. The quantitative estimate of drug-likeness (QED) is 0.840. The molecule has 0 fully saturated rings. The molecule has 0 saturated carbocycles. The third kappa shape index (κ3) is 3.67. The van der Waals surface area contributed by atoms with Gasteiger partial charge >= 0.3 is 5.97 Å². The lowest BCUT2D eigenvalue weighted by molar-refractivity contribution is 0.0697. The van der Waals surface area contributed by atoms with Gasteiger partial charge in [0, 0.05) is 19.8 Å². The van der Waals surface area contributed by atoms with Crippen LogP contribution in [0.25, 0.3) is 0 Å². The van der Waals surface area contributed by atoms with E-state index in [0.717, 1.165) is 31.2 Å². The van der Waals surface area contributed by atoms with Gasteiger partial charge in [0.2, 0.25) is 0 Å². The SMILES string of the molecule is CN(C)c1ccc(NS(=O)(=O)c2ccc3c(c2)CCCC3)cc1C(=O)O. The van der Waals surface area contributed by atoms with Crippen molar-refractivity contribution in [2.45, 2.75) is 30.6 Å². The minimum atomic E-state index is -3.78. The summed E-state index contributed by atoms with van der Waals surface area (Å²) in [6.07, 6.45) is 4.07. The minimum absolute atomic E-state index is 0.0423. The first-order valence-corrected chi connectivity index (χ1v) is 9.95. The van der Waals surface area contributed by atoms with E-state index in [-0.39, 0.29) is 16.1 Å². The third-order valence-corrected chi connectivity index (χ3v) is 5.97. The number of sulfonamides is 1. The number of aryl methyl sites for hydroxylation is 2. The molecule has 7 heteroatoms. The smallest absolute Gasteiger partial charge is 0.337 e. The molecule has 0 unspecified atom stereocenters. The van der Waals surface area contributed by atoms with E-state index in [1.165, 1.54) is 11.6 Å². The number of carboxylic acids is 1. The predicted molar refractivity (Wildman–Crippen MR) is 102 cm³/mol. The molecule has 0 heterocycles. The number of nitrogens with one attached hydrogen (secondary N) is 1. The van der Waals surface area contributed by atoms with Gasteiger partial charge in [-0.05, 0) is 67.1 Å². The first-order valence-electron chi connectivity index (χ1n) is 8.47. The van der Waals surface area contributed by atoms with Crippen molar-refractivity contribution in [2.75, 3.05) is 23.7 Å². The number of nitrogens with zero attached hydrogens (tertiary/aromatic N) is 1. The summed E-state index contributed by atoms with van der Waals surface area (Å²) >= 11 is 0. The number of carbonyl (C=O) groups is 1. The number of benzene rings is 2. The van der Waals surface area contributed by atoms with Crippen molar-refractivity contribution < 1.29 is 18.3 Å². The van der Waals surface area contributed by atoms with Crippen molar-refractivity contribution in [1.29, 1.82) is 0 Å². The maximum Gasteiger partial charge on any atom is 0.337 e. The van der Waals surface area contributed by atoms with Crippen molar-refractivity contribution in [3.8, 4) is 0 Å². The molecule has 2 N–H and O–H groups in total. The molecule has 2 aromatic carbocycles.